The van der Waals surface area contributed by atoms with Crippen molar-refractivity contribution in [2.45, 2.75) is 25.6 Å². The van der Waals surface area contributed by atoms with Crippen LogP contribution in [0.25, 0.3) is 10.9 Å². The number of ketones is 1. The van der Waals surface area contributed by atoms with Gasteiger partial charge in [-0.3, -0.25) is 9.69 Å². The van der Waals surface area contributed by atoms with E-state index in [9.17, 15) is 9.18 Å². The molecular weight excluding hydrogens is 534 g/mol. The number of hydrogen-bond acceptors (Lipinski definition) is 8. The second-order valence-electron chi connectivity index (χ2n) is 9.06. The van der Waals surface area contributed by atoms with Crippen molar-refractivity contribution < 1.29 is 23.4 Å². The normalized spacial score (nSPS) is 19.7. The van der Waals surface area contributed by atoms with Crippen LogP contribution in [0.5, 0.6) is 5.75 Å². The molecule has 38 heavy (non-hydrogen) atoms. The molecule has 11 heteroatoms. The van der Waals surface area contributed by atoms with Gasteiger partial charge in [0.1, 0.15) is 17.9 Å². The first kappa shape index (κ1) is 26.8. The minimum absolute atomic E-state index is 0.0729. The van der Waals surface area contributed by atoms with Crippen molar-refractivity contribution >= 4 is 51.4 Å². The minimum Gasteiger partial charge on any atom is -0.494 e. The van der Waals surface area contributed by atoms with Crippen molar-refractivity contribution in [3.8, 4) is 5.75 Å². The standard InChI is InChI=1S/C27H27Cl2FN4O4/c1-2-36-22-12-21-18(27(32-15-31-21)33-20-6-5-19(28)25(29)26(20)30)11-16(22)10-17(35)4-3-7-34-13-23-24(14-34)38-9-8-37-23/h3-6,11-12,15,23-24H,2,7-10,13-14H2,1H3,(H,31,32,33)/b4-3+/t23-,24+. The van der Waals surface area contributed by atoms with E-state index < -0.39 is 5.82 Å². The average molecular weight is 561 g/mol. The topological polar surface area (TPSA) is 85.8 Å². The second-order valence-corrected chi connectivity index (χ2v) is 9.85. The number of benzene rings is 2. The summed E-state index contributed by atoms with van der Waals surface area (Å²) in [5.74, 6) is 0.161. The lowest BCUT2D eigenvalue weighted by atomic mass is 10.0. The zero-order valence-electron chi connectivity index (χ0n) is 20.8. The average Bonchev–Trinajstić information content (AvgIpc) is 3.32. The summed E-state index contributed by atoms with van der Waals surface area (Å²) in [4.78, 5) is 23.7. The van der Waals surface area contributed by atoms with Gasteiger partial charge < -0.3 is 19.5 Å². The van der Waals surface area contributed by atoms with Gasteiger partial charge in [0.25, 0.3) is 0 Å². The van der Waals surface area contributed by atoms with Gasteiger partial charge in [0.15, 0.2) is 11.6 Å². The van der Waals surface area contributed by atoms with Crippen LogP contribution < -0.4 is 10.1 Å². The van der Waals surface area contributed by atoms with Crippen molar-refractivity contribution in [3.63, 3.8) is 0 Å². The molecule has 8 nitrogen and oxygen atoms in total. The van der Waals surface area contributed by atoms with Crippen molar-refractivity contribution in [2.24, 2.45) is 0 Å². The lowest BCUT2D eigenvalue weighted by Crippen LogP contribution is -2.36. The van der Waals surface area contributed by atoms with Crippen LogP contribution in [0, 0.1) is 5.82 Å². The molecule has 0 amide bonds. The molecule has 200 valence electrons. The van der Waals surface area contributed by atoms with Crippen molar-refractivity contribution in [3.05, 3.63) is 64.2 Å². The number of ether oxygens (including phenoxy) is 3. The quantitative estimate of drug-likeness (QED) is 0.289. The van der Waals surface area contributed by atoms with Gasteiger partial charge in [-0.2, -0.15) is 0 Å². The van der Waals surface area contributed by atoms with Crippen LogP contribution in [0.4, 0.5) is 15.9 Å². The Balaban J connectivity index is 1.34. The molecule has 0 saturated carbocycles. The molecule has 0 aliphatic carbocycles. The fourth-order valence-electron chi connectivity index (χ4n) is 4.67. The lowest BCUT2D eigenvalue weighted by Gasteiger charge is -2.24. The van der Waals surface area contributed by atoms with Crippen LogP contribution in [-0.2, 0) is 20.7 Å². The molecule has 2 saturated heterocycles. The molecule has 0 spiro atoms. The van der Waals surface area contributed by atoms with Gasteiger partial charge in [0.05, 0.1) is 53.3 Å². The first-order valence-electron chi connectivity index (χ1n) is 12.4. The zero-order valence-corrected chi connectivity index (χ0v) is 22.3. The molecule has 5 rings (SSSR count). The monoisotopic (exact) mass is 560 g/mol. The molecule has 2 aliphatic rings. The van der Waals surface area contributed by atoms with Gasteiger partial charge in [0, 0.05) is 43.1 Å². The third kappa shape index (κ3) is 5.92. The summed E-state index contributed by atoms with van der Waals surface area (Å²) in [7, 11) is 0. The van der Waals surface area contributed by atoms with Crippen LogP contribution in [0.2, 0.25) is 10.0 Å². The van der Waals surface area contributed by atoms with Gasteiger partial charge in [-0.25, -0.2) is 14.4 Å². The Morgan fingerprint density at radius 3 is 2.71 bits per heavy atom. The highest BCUT2D eigenvalue weighted by atomic mass is 35.5. The summed E-state index contributed by atoms with van der Waals surface area (Å²) in [6.07, 6.45) is 5.14. The van der Waals surface area contributed by atoms with Crippen LogP contribution >= 0.6 is 23.2 Å². The van der Waals surface area contributed by atoms with E-state index in [1.54, 1.807) is 18.2 Å². The first-order chi connectivity index (χ1) is 18.4. The van der Waals surface area contributed by atoms with E-state index in [2.05, 4.69) is 20.2 Å². The van der Waals surface area contributed by atoms with E-state index in [0.29, 0.717) is 54.4 Å². The highest BCUT2D eigenvalue weighted by Crippen LogP contribution is 2.34. The summed E-state index contributed by atoms with van der Waals surface area (Å²) >= 11 is 11.9. The molecule has 3 aromatic rings. The molecule has 3 heterocycles. The Bertz CT molecular complexity index is 1360. The Labute approximate surface area is 229 Å². The maximum absolute atomic E-state index is 14.7. The number of rotatable bonds is 9. The van der Waals surface area contributed by atoms with Crippen LogP contribution in [-0.4, -0.2) is 72.3 Å². The van der Waals surface area contributed by atoms with Crippen LogP contribution in [0.15, 0.2) is 42.7 Å². The molecule has 2 fully saturated rings. The number of nitrogens with zero attached hydrogens (tertiary/aromatic N) is 3. The molecule has 2 aromatic carbocycles. The number of aromatic nitrogens is 2. The lowest BCUT2D eigenvalue weighted by molar-refractivity contribution is -0.116. The van der Waals surface area contributed by atoms with Crippen molar-refractivity contribution in [1.82, 2.24) is 14.9 Å². The molecule has 0 unspecified atom stereocenters. The van der Waals surface area contributed by atoms with E-state index in [1.807, 2.05) is 13.0 Å². The van der Waals surface area contributed by atoms with E-state index >= 15 is 0 Å². The zero-order chi connectivity index (χ0) is 26.6. The summed E-state index contributed by atoms with van der Waals surface area (Å²) in [5, 5.41) is 3.50. The molecular formula is C27H27Cl2FN4O4. The van der Waals surface area contributed by atoms with Crippen molar-refractivity contribution in [2.75, 3.05) is 44.8 Å². The number of anilines is 2. The van der Waals surface area contributed by atoms with E-state index in [-0.39, 0.29) is 40.1 Å². The molecule has 2 aliphatic heterocycles. The highest BCUT2D eigenvalue weighted by molar-refractivity contribution is 6.42. The number of carbonyl (C=O) groups is 1. The SMILES string of the molecule is CCOc1cc2ncnc(Nc3ccc(Cl)c(Cl)c3F)c2cc1CC(=O)/C=C/CN1C[C@@H]2OCCO[C@@H]2C1. The maximum atomic E-state index is 14.7. The van der Waals surface area contributed by atoms with Crippen LogP contribution in [0.3, 0.4) is 0 Å². The fourth-order valence-corrected chi connectivity index (χ4v) is 4.98. The smallest absolute Gasteiger partial charge is 0.166 e. The van der Waals surface area contributed by atoms with Gasteiger partial charge in [-0.15, -0.1) is 0 Å². The van der Waals surface area contributed by atoms with Crippen LogP contribution in [0.1, 0.15) is 12.5 Å². The van der Waals surface area contributed by atoms with E-state index in [0.717, 1.165) is 13.1 Å². The highest BCUT2D eigenvalue weighted by Gasteiger charge is 2.35. The van der Waals surface area contributed by atoms with Gasteiger partial charge in [-0.05, 0) is 31.2 Å². The summed E-state index contributed by atoms with van der Waals surface area (Å²) in [6, 6.07) is 6.53. The number of likely N-dealkylation sites (tertiary alicyclic amines) is 1. The van der Waals surface area contributed by atoms with Gasteiger partial charge in [0.2, 0.25) is 0 Å². The summed E-state index contributed by atoms with van der Waals surface area (Å²) < 4.78 is 32.0. The van der Waals surface area contributed by atoms with Gasteiger partial charge >= 0.3 is 0 Å². The number of hydrogen-bond donors (Lipinski definition) is 1. The summed E-state index contributed by atoms with van der Waals surface area (Å²) in [5.41, 5.74) is 1.37. The summed E-state index contributed by atoms with van der Waals surface area (Å²) in [6.45, 7) is 5.77. The Morgan fingerprint density at radius 2 is 1.97 bits per heavy atom. The molecule has 0 bridgehead atoms. The fraction of sp³-hybridized carbons (Fsp3) is 0.370. The second kappa shape index (κ2) is 11.9. The number of carbonyl (C=O) groups excluding carboxylic acids is 1. The maximum Gasteiger partial charge on any atom is 0.166 e. The number of nitrogens with one attached hydrogen (secondary N) is 1. The van der Waals surface area contributed by atoms with E-state index in [1.165, 1.54) is 18.5 Å². The third-order valence-corrected chi connectivity index (χ3v) is 7.26. The molecule has 0 radical (unpaired) electrons. The Hall–Kier alpha value is -2.82. The minimum atomic E-state index is -0.687. The Morgan fingerprint density at radius 1 is 1.21 bits per heavy atom. The van der Waals surface area contributed by atoms with Crippen molar-refractivity contribution in [1.29, 1.82) is 0 Å². The number of allylic oxidation sites excluding steroid dienone is 1. The number of halogens is 3. The first-order valence-corrected chi connectivity index (χ1v) is 13.1. The molecule has 2 atom stereocenters. The molecule has 1 aromatic heterocycles. The van der Waals surface area contributed by atoms with E-state index in [4.69, 9.17) is 37.4 Å². The van der Waals surface area contributed by atoms with Gasteiger partial charge in [-0.1, -0.05) is 29.3 Å². The molecule has 1 N–H and O–H groups in total. The Kier molecular flexibility index (Phi) is 8.40. The number of fused-ring (bicyclic) bond motifs is 2. The predicted molar refractivity (Wildman–Crippen MR) is 144 cm³/mol. The third-order valence-electron chi connectivity index (χ3n) is 6.48. The largest absolute Gasteiger partial charge is 0.494 e. The predicted octanol–water partition coefficient (Wildman–Crippen LogP) is 4.99.